The Labute approximate surface area is 273 Å². The number of para-hydroxylation sites is 2. The van der Waals surface area contributed by atoms with Crippen LogP contribution in [0.4, 0.5) is 0 Å². The first kappa shape index (κ1) is 26.4. The predicted octanol–water partition coefficient (Wildman–Crippen LogP) is 12.3. The molecule has 0 fully saturated rings. The number of benzene rings is 7. The van der Waals surface area contributed by atoms with E-state index in [1.807, 2.05) is 6.07 Å². The maximum Gasteiger partial charge on any atom is 0.136 e. The Balaban J connectivity index is 1.14. The molecule has 47 heavy (non-hydrogen) atoms. The van der Waals surface area contributed by atoms with Gasteiger partial charge in [0.05, 0.1) is 11.0 Å². The van der Waals surface area contributed by atoms with Crippen molar-refractivity contribution in [1.82, 2.24) is 4.57 Å². The molecule has 0 aliphatic heterocycles. The van der Waals surface area contributed by atoms with Crippen LogP contribution >= 0.6 is 0 Å². The number of aromatic nitrogens is 1. The summed E-state index contributed by atoms with van der Waals surface area (Å²) in [5.41, 5.74) is 15.6. The van der Waals surface area contributed by atoms with E-state index in [-0.39, 0.29) is 5.41 Å². The lowest BCUT2D eigenvalue weighted by Crippen LogP contribution is -2.15. The van der Waals surface area contributed by atoms with Crippen LogP contribution < -0.4 is 0 Å². The lowest BCUT2D eigenvalue weighted by Gasteiger charge is -2.23. The summed E-state index contributed by atoms with van der Waals surface area (Å²) in [7, 11) is 0. The molecule has 2 heteroatoms. The Morgan fingerprint density at radius 2 is 1.13 bits per heavy atom. The van der Waals surface area contributed by atoms with Gasteiger partial charge < -0.3 is 8.98 Å². The zero-order valence-corrected chi connectivity index (χ0v) is 26.3. The van der Waals surface area contributed by atoms with E-state index in [0.29, 0.717) is 0 Å². The molecular weight excluding hydrogens is 571 g/mol. The van der Waals surface area contributed by atoms with Gasteiger partial charge in [-0.15, -0.1) is 0 Å². The number of nitrogens with zero attached hydrogens (tertiary/aromatic N) is 1. The fourth-order valence-electron chi connectivity index (χ4n) is 8.11. The lowest BCUT2D eigenvalue weighted by molar-refractivity contribution is 0.660. The molecule has 0 unspecified atom stereocenters. The topological polar surface area (TPSA) is 18.1 Å². The summed E-state index contributed by atoms with van der Waals surface area (Å²) >= 11 is 0. The van der Waals surface area contributed by atoms with Crippen molar-refractivity contribution in [2.75, 3.05) is 0 Å². The smallest absolute Gasteiger partial charge is 0.136 e. The highest BCUT2D eigenvalue weighted by Gasteiger charge is 2.36. The summed E-state index contributed by atoms with van der Waals surface area (Å²) in [6.45, 7) is 4.75. The quantitative estimate of drug-likeness (QED) is 0.197. The highest BCUT2D eigenvalue weighted by atomic mass is 16.3. The summed E-state index contributed by atoms with van der Waals surface area (Å²) in [6, 6.07) is 55.2. The lowest BCUT2D eigenvalue weighted by atomic mass is 9.81. The van der Waals surface area contributed by atoms with Gasteiger partial charge >= 0.3 is 0 Å². The predicted molar refractivity (Wildman–Crippen MR) is 196 cm³/mol. The number of rotatable bonds is 3. The molecule has 0 atom stereocenters. The minimum atomic E-state index is -0.170. The summed E-state index contributed by atoms with van der Waals surface area (Å²) < 4.78 is 8.69. The van der Waals surface area contributed by atoms with Crippen molar-refractivity contribution in [2.24, 2.45) is 0 Å². The molecule has 10 rings (SSSR count). The minimum absolute atomic E-state index is 0.170. The largest absolute Gasteiger partial charge is 0.456 e. The van der Waals surface area contributed by atoms with Crippen molar-refractivity contribution in [2.45, 2.75) is 19.3 Å². The summed E-state index contributed by atoms with van der Waals surface area (Å²) in [5, 5.41) is 4.89. The second-order valence-corrected chi connectivity index (χ2v) is 13.3. The van der Waals surface area contributed by atoms with Crippen molar-refractivity contribution >= 4 is 43.7 Å². The fraction of sp³-hybridized carbons (Fsp3) is 0.0667. The van der Waals surface area contributed by atoms with Crippen LogP contribution in [0.5, 0.6) is 0 Å². The molecule has 2 aromatic heterocycles. The van der Waals surface area contributed by atoms with Gasteiger partial charge in [0.25, 0.3) is 0 Å². The minimum Gasteiger partial charge on any atom is -0.456 e. The van der Waals surface area contributed by atoms with Crippen LogP contribution in [0.25, 0.3) is 82.8 Å². The van der Waals surface area contributed by atoms with E-state index >= 15 is 0 Å². The summed E-state index contributed by atoms with van der Waals surface area (Å²) in [4.78, 5) is 0. The molecule has 0 saturated carbocycles. The third kappa shape index (κ3) is 3.73. The molecule has 0 saturated heterocycles. The second-order valence-electron chi connectivity index (χ2n) is 13.3. The SMILES string of the molecule is CC1(C)c2cc(-c3cccc4oc5ccccc5c34)ccc2-c2ccc(-n3c4ccccc4c4ccc(-c5ccccc5)cc43)cc21. The van der Waals surface area contributed by atoms with Crippen LogP contribution in [0.2, 0.25) is 0 Å². The molecule has 0 spiro atoms. The first-order valence-corrected chi connectivity index (χ1v) is 16.4. The van der Waals surface area contributed by atoms with Gasteiger partial charge in [-0.3, -0.25) is 0 Å². The summed E-state index contributed by atoms with van der Waals surface area (Å²) in [6.07, 6.45) is 0. The van der Waals surface area contributed by atoms with Gasteiger partial charge in [0.15, 0.2) is 0 Å². The van der Waals surface area contributed by atoms with E-state index in [0.717, 1.165) is 16.6 Å². The number of furan rings is 1. The molecule has 1 aliphatic carbocycles. The fourth-order valence-corrected chi connectivity index (χ4v) is 8.11. The first-order valence-electron chi connectivity index (χ1n) is 16.4. The van der Waals surface area contributed by atoms with Gasteiger partial charge in [0.2, 0.25) is 0 Å². The van der Waals surface area contributed by atoms with Crippen LogP contribution in [-0.2, 0) is 5.41 Å². The molecule has 222 valence electrons. The average Bonchev–Trinajstić information content (AvgIpc) is 3.74. The normalized spacial score (nSPS) is 13.5. The highest BCUT2D eigenvalue weighted by Crippen LogP contribution is 2.51. The van der Waals surface area contributed by atoms with Crippen LogP contribution in [0, 0.1) is 0 Å². The second kappa shape index (κ2) is 9.57. The van der Waals surface area contributed by atoms with Crippen molar-refractivity contribution in [3.63, 3.8) is 0 Å². The van der Waals surface area contributed by atoms with Gasteiger partial charge in [0.1, 0.15) is 11.2 Å². The van der Waals surface area contributed by atoms with E-state index in [9.17, 15) is 0 Å². The molecule has 2 nitrogen and oxygen atoms in total. The van der Waals surface area contributed by atoms with E-state index in [2.05, 4.69) is 164 Å². The van der Waals surface area contributed by atoms with Crippen LogP contribution in [0.3, 0.4) is 0 Å². The Kier molecular flexibility index (Phi) is 5.37. The molecule has 1 aliphatic rings. The third-order valence-corrected chi connectivity index (χ3v) is 10.4. The van der Waals surface area contributed by atoms with Crippen molar-refractivity contribution in [3.8, 4) is 39.1 Å². The first-order chi connectivity index (χ1) is 23.1. The maximum atomic E-state index is 6.24. The molecule has 0 N–H and O–H groups in total. The van der Waals surface area contributed by atoms with Crippen LogP contribution in [0.15, 0.2) is 156 Å². The monoisotopic (exact) mass is 601 g/mol. The van der Waals surface area contributed by atoms with Gasteiger partial charge in [-0.1, -0.05) is 123 Å². The van der Waals surface area contributed by atoms with Crippen molar-refractivity contribution < 1.29 is 4.42 Å². The van der Waals surface area contributed by atoms with Gasteiger partial charge in [-0.25, -0.2) is 0 Å². The molecule has 2 heterocycles. The van der Waals surface area contributed by atoms with Crippen LogP contribution in [0.1, 0.15) is 25.0 Å². The standard InChI is InChI=1S/C45H31NO/c1-45(2)38-25-30(32-15-10-18-43-44(32)37-14-7-9-17-42(37)47-43)20-22-33(38)34-24-21-31(27-39(34)45)46-40-16-8-6-13-35(40)36-23-19-29(26-41(36)46)28-11-4-3-5-12-28/h3-27H,1-2H3. The highest BCUT2D eigenvalue weighted by molar-refractivity contribution is 6.13. The number of fused-ring (bicyclic) bond motifs is 9. The Morgan fingerprint density at radius 3 is 2.00 bits per heavy atom. The van der Waals surface area contributed by atoms with E-state index in [4.69, 9.17) is 4.42 Å². The van der Waals surface area contributed by atoms with E-state index < -0.39 is 0 Å². The zero-order valence-electron chi connectivity index (χ0n) is 26.3. The molecule has 0 amide bonds. The average molecular weight is 602 g/mol. The Morgan fingerprint density at radius 1 is 0.447 bits per heavy atom. The molecule has 9 aromatic rings. The van der Waals surface area contributed by atoms with Crippen molar-refractivity contribution in [3.05, 3.63) is 163 Å². The number of hydrogen-bond donors (Lipinski definition) is 0. The van der Waals surface area contributed by atoms with Crippen LogP contribution in [-0.4, -0.2) is 4.57 Å². The molecule has 0 bridgehead atoms. The van der Waals surface area contributed by atoms with Crippen molar-refractivity contribution in [1.29, 1.82) is 0 Å². The zero-order chi connectivity index (χ0) is 31.3. The Bertz CT molecular complexity index is 2700. The van der Waals surface area contributed by atoms with Gasteiger partial charge in [-0.05, 0) is 87.0 Å². The van der Waals surface area contributed by atoms with Gasteiger partial charge in [0, 0.05) is 32.6 Å². The summed E-state index contributed by atoms with van der Waals surface area (Å²) in [5.74, 6) is 0. The maximum absolute atomic E-state index is 6.24. The molecule has 0 radical (unpaired) electrons. The number of hydrogen-bond acceptors (Lipinski definition) is 1. The molecular formula is C45H31NO. The van der Waals surface area contributed by atoms with E-state index in [1.165, 1.54) is 77.4 Å². The van der Waals surface area contributed by atoms with E-state index in [1.54, 1.807) is 0 Å². The molecule has 7 aromatic carbocycles. The Hall–Kier alpha value is -5.86. The third-order valence-electron chi connectivity index (χ3n) is 10.4. The van der Waals surface area contributed by atoms with Gasteiger partial charge in [-0.2, -0.15) is 0 Å².